The van der Waals surface area contributed by atoms with E-state index < -0.39 is 5.97 Å². The summed E-state index contributed by atoms with van der Waals surface area (Å²) in [7, 11) is 1.54. The molecule has 30 heavy (non-hydrogen) atoms. The van der Waals surface area contributed by atoms with E-state index in [1.807, 2.05) is 50.4 Å². The maximum absolute atomic E-state index is 12.1. The minimum atomic E-state index is -0.985. The van der Waals surface area contributed by atoms with E-state index in [4.69, 9.17) is 4.74 Å². The van der Waals surface area contributed by atoms with Gasteiger partial charge in [-0.3, -0.25) is 4.79 Å². The topological polar surface area (TPSA) is 80.6 Å². The predicted octanol–water partition coefficient (Wildman–Crippen LogP) is 4.33. The number of carboxylic acids is 1. The molecule has 6 heteroatoms. The summed E-state index contributed by atoms with van der Waals surface area (Å²) in [4.78, 5) is 23.3. The Labute approximate surface area is 175 Å². The van der Waals surface area contributed by atoms with Gasteiger partial charge in [-0.2, -0.15) is 0 Å². The molecular weight excluding hydrogens is 380 g/mol. The maximum atomic E-state index is 12.1. The fraction of sp³-hybridized carbons (Fsp3) is 0.250. The number of aromatic carboxylic acids is 1. The summed E-state index contributed by atoms with van der Waals surface area (Å²) in [6.45, 7) is 5.03. The smallest absolute Gasteiger partial charge is 0.335 e. The second kappa shape index (κ2) is 9.31. The third kappa shape index (κ3) is 4.71. The van der Waals surface area contributed by atoms with Gasteiger partial charge in [-0.1, -0.05) is 25.1 Å². The zero-order chi connectivity index (χ0) is 21.7. The molecule has 6 nitrogen and oxygen atoms in total. The number of rotatable bonds is 8. The van der Waals surface area contributed by atoms with Crippen LogP contribution in [-0.4, -0.2) is 35.2 Å². The van der Waals surface area contributed by atoms with Gasteiger partial charge in [-0.25, -0.2) is 4.79 Å². The Bertz CT molecular complexity index is 1110. The molecule has 0 aliphatic carbocycles. The van der Waals surface area contributed by atoms with Crippen molar-refractivity contribution in [3.05, 3.63) is 70.9 Å². The van der Waals surface area contributed by atoms with E-state index >= 15 is 0 Å². The highest BCUT2D eigenvalue weighted by Gasteiger charge is 2.11. The number of carboxylic acid groups (broad SMARTS) is 1. The molecule has 0 spiro atoms. The van der Waals surface area contributed by atoms with E-state index in [1.54, 1.807) is 12.1 Å². The van der Waals surface area contributed by atoms with E-state index in [2.05, 4.69) is 9.88 Å². The average Bonchev–Trinajstić information content (AvgIpc) is 3.14. The van der Waals surface area contributed by atoms with Crippen LogP contribution < -0.4 is 10.1 Å². The molecule has 0 saturated heterocycles. The number of carbonyl (C=O) groups is 2. The van der Waals surface area contributed by atoms with Gasteiger partial charge in [0.15, 0.2) is 0 Å². The average molecular weight is 406 g/mol. The molecule has 1 aromatic heterocycles. The van der Waals surface area contributed by atoms with Crippen molar-refractivity contribution in [3.63, 3.8) is 0 Å². The summed E-state index contributed by atoms with van der Waals surface area (Å²) in [6.07, 6.45) is 4.77. The van der Waals surface area contributed by atoms with Crippen LogP contribution in [0.2, 0.25) is 0 Å². The Kier molecular flexibility index (Phi) is 6.57. The number of amides is 1. The Balaban J connectivity index is 1.90. The first-order valence-electron chi connectivity index (χ1n) is 9.88. The number of carbonyl (C=O) groups excluding carboxylic acids is 1. The highest BCUT2D eigenvalue weighted by molar-refractivity contribution is 5.97. The van der Waals surface area contributed by atoms with Gasteiger partial charge >= 0.3 is 5.97 Å². The summed E-state index contributed by atoms with van der Waals surface area (Å²) >= 11 is 0. The van der Waals surface area contributed by atoms with Crippen molar-refractivity contribution >= 4 is 28.9 Å². The second-order valence-electron chi connectivity index (χ2n) is 7.18. The largest absolute Gasteiger partial charge is 0.496 e. The zero-order valence-electron chi connectivity index (χ0n) is 17.4. The quantitative estimate of drug-likeness (QED) is 0.546. The minimum absolute atomic E-state index is 0.0596. The van der Waals surface area contributed by atoms with Gasteiger partial charge in [0.2, 0.25) is 5.91 Å². The number of aromatic nitrogens is 1. The van der Waals surface area contributed by atoms with Crippen LogP contribution in [0.15, 0.2) is 54.2 Å². The van der Waals surface area contributed by atoms with Crippen LogP contribution in [0.4, 0.5) is 0 Å². The number of nitrogens with zero attached hydrogens (tertiary/aromatic N) is 1. The monoisotopic (exact) mass is 406 g/mol. The maximum Gasteiger partial charge on any atom is 0.335 e. The molecule has 1 heterocycles. The van der Waals surface area contributed by atoms with Crippen molar-refractivity contribution in [3.8, 4) is 5.75 Å². The van der Waals surface area contributed by atoms with Crippen molar-refractivity contribution in [2.75, 3.05) is 13.7 Å². The second-order valence-corrected chi connectivity index (χ2v) is 7.18. The van der Waals surface area contributed by atoms with Gasteiger partial charge in [0.05, 0.1) is 19.2 Å². The molecule has 2 aromatic carbocycles. The molecule has 156 valence electrons. The molecule has 0 fully saturated rings. The van der Waals surface area contributed by atoms with E-state index in [9.17, 15) is 14.7 Å². The number of fused-ring (bicyclic) bond motifs is 1. The van der Waals surface area contributed by atoms with E-state index in [1.165, 1.54) is 13.2 Å². The van der Waals surface area contributed by atoms with Crippen LogP contribution in [0.1, 0.15) is 41.8 Å². The lowest BCUT2D eigenvalue weighted by atomic mass is 10.1. The SMILES string of the molecule is CCCNC(=O)/C(C)=C\c1ccc2ccn(Cc3ccc(C(=O)O)cc3OC)c2c1. The Morgan fingerprint density at radius 1 is 1.17 bits per heavy atom. The molecule has 1 amide bonds. The molecule has 0 saturated carbocycles. The van der Waals surface area contributed by atoms with Gasteiger partial charge in [-0.05, 0) is 54.6 Å². The van der Waals surface area contributed by atoms with Gasteiger partial charge in [0, 0.05) is 29.4 Å². The number of benzene rings is 2. The number of methoxy groups -OCH3 is 1. The summed E-state index contributed by atoms with van der Waals surface area (Å²) < 4.78 is 7.48. The first-order chi connectivity index (χ1) is 14.4. The molecule has 2 N–H and O–H groups in total. The van der Waals surface area contributed by atoms with Gasteiger partial charge < -0.3 is 19.7 Å². The zero-order valence-corrected chi connectivity index (χ0v) is 17.4. The summed E-state index contributed by atoms with van der Waals surface area (Å²) in [6, 6.07) is 13.0. The van der Waals surface area contributed by atoms with Gasteiger partial charge in [0.25, 0.3) is 0 Å². The summed E-state index contributed by atoms with van der Waals surface area (Å²) in [5.74, 6) is -0.507. The predicted molar refractivity (Wildman–Crippen MR) is 118 cm³/mol. The Hall–Kier alpha value is -3.54. The third-order valence-corrected chi connectivity index (χ3v) is 4.95. The minimum Gasteiger partial charge on any atom is -0.496 e. The van der Waals surface area contributed by atoms with Crippen molar-refractivity contribution in [2.45, 2.75) is 26.8 Å². The molecular formula is C24H26N2O4. The first-order valence-corrected chi connectivity index (χ1v) is 9.88. The van der Waals surface area contributed by atoms with Crippen LogP contribution in [0, 0.1) is 0 Å². The van der Waals surface area contributed by atoms with Crippen LogP contribution in [0.5, 0.6) is 5.75 Å². The molecule has 0 aliphatic rings. The number of ether oxygens (including phenoxy) is 1. The Morgan fingerprint density at radius 2 is 1.97 bits per heavy atom. The normalized spacial score (nSPS) is 11.5. The van der Waals surface area contributed by atoms with Crippen molar-refractivity contribution in [1.82, 2.24) is 9.88 Å². The number of hydrogen-bond acceptors (Lipinski definition) is 3. The fourth-order valence-corrected chi connectivity index (χ4v) is 3.31. The van der Waals surface area contributed by atoms with Crippen LogP contribution in [0.3, 0.4) is 0 Å². The molecule has 0 atom stereocenters. The van der Waals surface area contributed by atoms with E-state index in [0.717, 1.165) is 28.5 Å². The summed E-state index contributed by atoms with van der Waals surface area (Å²) in [5, 5.41) is 13.2. The van der Waals surface area contributed by atoms with Crippen molar-refractivity contribution < 1.29 is 19.4 Å². The highest BCUT2D eigenvalue weighted by Crippen LogP contribution is 2.25. The molecule has 3 aromatic rings. The molecule has 3 rings (SSSR count). The summed E-state index contributed by atoms with van der Waals surface area (Å²) in [5.41, 5.74) is 3.70. The van der Waals surface area contributed by atoms with Crippen molar-refractivity contribution in [2.24, 2.45) is 0 Å². The lowest BCUT2D eigenvalue weighted by Gasteiger charge is -2.12. The number of hydrogen-bond donors (Lipinski definition) is 2. The highest BCUT2D eigenvalue weighted by atomic mass is 16.5. The number of nitrogens with one attached hydrogen (secondary N) is 1. The van der Waals surface area contributed by atoms with Crippen LogP contribution in [0.25, 0.3) is 17.0 Å². The van der Waals surface area contributed by atoms with Crippen LogP contribution in [-0.2, 0) is 11.3 Å². The molecule has 0 radical (unpaired) electrons. The lowest BCUT2D eigenvalue weighted by molar-refractivity contribution is -0.117. The third-order valence-electron chi connectivity index (χ3n) is 4.95. The van der Waals surface area contributed by atoms with E-state index in [-0.39, 0.29) is 11.5 Å². The first kappa shape index (κ1) is 21.2. The molecule has 0 unspecified atom stereocenters. The van der Waals surface area contributed by atoms with Gasteiger partial charge in [-0.15, -0.1) is 0 Å². The lowest BCUT2D eigenvalue weighted by Crippen LogP contribution is -2.24. The molecule has 0 aliphatic heterocycles. The van der Waals surface area contributed by atoms with Crippen LogP contribution >= 0.6 is 0 Å². The standard InChI is InChI=1S/C24H26N2O4/c1-4-10-25-23(27)16(2)12-17-5-6-18-9-11-26(21(18)13-17)15-20-8-7-19(24(28)29)14-22(20)30-3/h5-9,11-14H,4,10,15H2,1-3H3,(H,25,27)(H,28,29)/b16-12-. The Morgan fingerprint density at radius 3 is 2.67 bits per heavy atom. The van der Waals surface area contributed by atoms with E-state index in [0.29, 0.717) is 24.4 Å². The van der Waals surface area contributed by atoms with Gasteiger partial charge in [0.1, 0.15) is 5.75 Å². The van der Waals surface area contributed by atoms with Crippen molar-refractivity contribution in [1.29, 1.82) is 0 Å². The molecule has 0 bridgehead atoms. The fourth-order valence-electron chi connectivity index (χ4n) is 3.31.